The van der Waals surface area contributed by atoms with Crippen molar-refractivity contribution in [1.29, 1.82) is 0 Å². The smallest absolute Gasteiger partial charge is 0.0577 e. The van der Waals surface area contributed by atoms with Crippen molar-refractivity contribution in [1.82, 2.24) is 5.32 Å². The quantitative estimate of drug-likeness (QED) is 0.625. The molecule has 1 fully saturated rings. The van der Waals surface area contributed by atoms with E-state index in [-0.39, 0.29) is 0 Å². The Labute approximate surface area is 114 Å². The Morgan fingerprint density at radius 3 is 2.78 bits per heavy atom. The van der Waals surface area contributed by atoms with Gasteiger partial charge in [0.05, 0.1) is 6.10 Å². The Kier molecular flexibility index (Phi) is 8.70. The first-order valence-corrected chi connectivity index (χ1v) is 8.11. The summed E-state index contributed by atoms with van der Waals surface area (Å²) in [7, 11) is 0. The van der Waals surface area contributed by atoms with E-state index in [1.165, 1.54) is 51.4 Å². The molecular formula is C16H33NO. The van der Waals surface area contributed by atoms with Crippen molar-refractivity contribution >= 4 is 0 Å². The molecule has 3 atom stereocenters. The highest BCUT2D eigenvalue weighted by Crippen LogP contribution is 2.28. The summed E-state index contributed by atoms with van der Waals surface area (Å²) in [4.78, 5) is 0. The lowest BCUT2D eigenvalue weighted by Crippen LogP contribution is -2.25. The van der Waals surface area contributed by atoms with E-state index in [0.717, 1.165) is 19.1 Å². The van der Waals surface area contributed by atoms with E-state index < -0.39 is 0 Å². The van der Waals surface area contributed by atoms with Crippen LogP contribution in [0.1, 0.15) is 72.1 Å². The van der Waals surface area contributed by atoms with E-state index in [4.69, 9.17) is 4.74 Å². The van der Waals surface area contributed by atoms with Crippen molar-refractivity contribution in [2.75, 3.05) is 13.2 Å². The van der Waals surface area contributed by atoms with Crippen LogP contribution in [0.4, 0.5) is 0 Å². The van der Waals surface area contributed by atoms with Crippen molar-refractivity contribution < 1.29 is 4.74 Å². The maximum atomic E-state index is 6.04. The first kappa shape index (κ1) is 16.0. The summed E-state index contributed by atoms with van der Waals surface area (Å²) in [6.45, 7) is 8.82. The standard InChI is InChI=1S/C16H33NO/c1-4-15-10-8-11-16(13-15)18-12-7-6-9-14(3)17-5-2/h14-17H,4-13H2,1-3H3. The zero-order valence-corrected chi connectivity index (χ0v) is 12.7. The molecular weight excluding hydrogens is 222 g/mol. The minimum atomic E-state index is 0.565. The Morgan fingerprint density at radius 1 is 1.22 bits per heavy atom. The Bertz CT molecular complexity index is 196. The number of ether oxygens (including phenoxy) is 1. The molecule has 0 aromatic carbocycles. The highest BCUT2D eigenvalue weighted by atomic mass is 16.5. The van der Waals surface area contributed by atoms with Crippen LogP contribution in [0.25, 0.3) is 0 Å². The fourth-order valence-electron chi connectivity index (χ4n) is 3.02. The molecule has 0 aromatic rings. The Balaban J connectivity index is 1.97. The Morgan fingerprint density at radius 2 is 2.06 bits per heavy atom. The van der Waals surface area contributed by atoms with Crippen molar-refractivity contribution in [3.63, 3.8) is 0 Å². The molecule has 0 spiro atoms. The van der Waals surface area contributed by atoms with Crippen molar-refractivity contribution in [3.8, 4) is 0 Å². The molecule has 108 valence electrons. The normalized spacial score (nSPS) is 26.2. The minimum absolute atomic E-state index is 0.565. The summed E-state index contributed by atoms with van der Waals surface area (Å²) in [5.74, 6) is 0.928. The molecule has 3 unspecified atom stereocenters. The number of rotatable bonds is 9. The molecule has 1 saturated carbocycles. The second kappa shape index (κ2) is 9.80. The van der Waals surface area contributed by atoms with Gasteiger partial charge < -0.3 is 10.1 Å². The average Bonchev–Trinajstić information content (AvgIpc) is 2.39. The van der Waals surface area contributed by atoms with Gasteiger partial charge in [0.1, 0.15) is 0 Å². The van der Waals surface area contributed by atoms with Crippen molar-refractivity contribution in [2.45, 2.75) is 84.3 Å². The van der Waals surface area contributed by atoms with Crippen LogP contribution in [0.3, 0.4) is 0 Å². The topological polar surface area (TPSA) is 21.3 Å². The lowest BCUT2D eigenvalue weighted by atomic mass is 9.85. The summed E-state index contributed by atoms with van der Waals surface area (Å²) in [6, 6.07) is 0.661. The van der Waals surface area contributed by atoms with Crippen LogP contribution >= 0.6 is 0 Å². The van der Waals surface area contributed by atoms with Crippen LogP contribution in [-0.4, -0.2) is 25.3 Å². The SMILES string of the molecule is CCNC(C)CCCCOC1CCCC(CC)C1. The number of unbranched alkanes of at least 4 members (excludes halogenated alkanes) is 1. The highest BCUT2D eigenvalue weighted by molar-refractivity contribution is 4.72. The van der Waals surface area contributed by atoms with Crippen molar-refractivity contribution in [3.05, 3.63) is 0 Å². The first-order chi connectivity index (χ1) is 8.76. The lowest BCUT2D eigenvalue weighted by Gasteiger charge is -2.28. The second-order valence-corrected chi connectivity index (χ2v) is 5.89. The predicted molar refractivity (Wildman–Crippen MR) is 79.0 cm³/mol. The highest BCUT2D eigenvalue weighted by Gasteiger charge is 2.20. The fourth-order valence-corrected chi connectivity index (χ4v) is 3.02. The average molecular weight is 255 g/mol. The summed E-state index contributed by atoms with van der Waals surface area (Å²) < 4.78 is 6.04. The molecule has 0 saturated heterocycles. The number of nitrogens with one attached hydrogen (secondary N) is 1. The monoisotopic (exact) mass is 255 g/mol. The van der Waals surface area contributed by atoms with E-state index in [1.54, 1.807) is 0 Å². The van der Waals surface area contributed by atoms with Gasteiger partial charge >= 0.3 is 0 Å². The van der Waals surface area contributed by atoms with Gasteiger partial charge in [0, 0.05) is 12.6 Å². The first-order valence-electron chi connectivity index (χ1n) is 8.11. The zero-order valence-electron chi connectivity index (χ0n) is 12.7. The summed E-state index contributed by atoms with van der Waals surface area (Å²) >= 11 is 0. The summed E-state index contributed by atoms with van der Waals surface area (Å²) in [5.41, 5.74) is 0. The molecule has 2 heteroatoms. The number of hydrogen-bond donors (Lipinski definition) is 1. The largest absolute Gasteiger partial charge is 0.378 e. The van der Waals surface area contributed by atoms with E-state index in [1.807, 2.05) is 0 Å². The molecule has 0 radical (unpaired) electrons. The third kappa shape index (κ3) is 6.75. The Hall–Kier alpha value is -0.0800. The van der Waals surface area contributed by atoms with E-state index in [9.17, 15) is 0 Å². The lowest BCUT2D eigenvalue weighted by molar-refractivity contribution is 0.0105. The van der Waals surface area contributed by atoms with E-state index >= 15 is 0 Å². The van der Waals surface area contributed by atoms with Crippen molar-refractivity contribution in [2.24, 2.45) is 5.92 Å². The van der Waals surface area contributed by atoms with Gasteiger partial charge in [-0.05, 0) is 51.5 Å². The maximum absolute atomic E-state index is 6.04. The van der Waals surface area contributed by atoms with Crippen LogP contribution in [0.2, 0.25) is 0 Å². The minimum Gasteiger partial charge on any atom is -0.378 e. The van der Waals surface area contributed by atoms with E-state index in [0.29, 0.717) is 12.1 Å². The third-order valence-electron chi connectivity index (χ3n) is 4.25. The zero-order chi connectivity index (χ0) is 13.2. The van der Waals surface area contributed by atoms with Crippen LogP contribution in [0.5, 0.6) is 0 Å². The molecule has 0 bridgehead atoms. The molecule has 1 N–H and O–H groups in total. The molecule has 1 aliphatic rings. The molecule has 1 aliphatic carbocycles. The summed E-state index contributed by atoms with van der Waals surface area (Å²) in [5, 5.41) is 3.46. The van der Waals surface area contributed by atoms with Gasteiger partial charge in [-0.25, -0.2) is 0 Å². The van der Waals surface area contributed by atoms with Gasteiger partial charge in [-0.1, -0.05) is 33.1 Å². The molecule has 0 aromatic heterocycles. The van der Waals surface area contributed by atoms with Gasteiger partial charge in [0.25, 0.3) is 0 Å². The molecule has 0 heterocycles. The molecule has 0 aliphatic heterocycles. The third-order valence-corrected chi connectivity index (χ3v) is 4.25. The predicted octanol–water partition coefficient (Wildman–Crippen LogP) is 4.14. The molecule has 0 amide bonds. The molecule has 1 rings (SSSR count). The van der Waals surface area contributed by atoms with Crippen LogP contribution in [-0.2, 0) is 4.74 Å². The van der Waals surface area contributed by atoms with Crippen LogP contribution < -0.4 is 5.32 Å². The molecule has 2 nitrogen and oxygen atoms in total. The van der Waals surface area contributed by atoms with Crippen LogP contribution in [0.15, 0.2) is 0 Å². The van der Waals surface area contributed by atoms with Gasteiger partial charge in [-0.15, -0.1) is 0 Å². The van der Waals surface area contributed by atoms with Gasteiger partial charge in [-0.3, -0.25) is 0 Å². The van der Waals surface area contributed by atoms with Crippen LogP contribution in [0, 0.1) is 5.92 Å². The van der Waals surface area contributed by atoms with Gasteiger partial charge in [0.15, 0.2) is 0 Å². The van der Waals surface area contributed by atoms with Gasteiger partial charge in [0.2, 0.25) is 0 Å². The second-order valence-electron chi connectivity index (χ2n) is 5.89. The van der Waals surface area contributed by atoms with Gasteiger partial charge in [-0.2, -0.15) is 0 Å². The maximum Gasteiger partial charge on any atom is 0.0577 e. The fraction of sp³-hybridized carbons (Fsp3) is 1.00. The molecule has 18 heavy (non-hydrogen) atoms. The number of hydrogen-bond acceptors (Lipinski definition) is 2. The summed E-state index contributed by atoms with van der Waals surface area (Å²) in [6.07, 6.45) is 11.1. The van der Waals surface area contributed by atoms with E-state index in [2.05, 4.69) is 26.1 Å².